The van der Waals surface area contributed by atoms with E-state index in [9.17, 15) is 9.90 Å². The van der Waals surface area contributed by atoms with Gasteiger partial charge in [-0.3, -0.25) is 4.90 Å². The Bertz CT molecular complexity index is 430. The molecule has 5 heteroatoms. The van der Waals surface area contributed by atoms with Crippen molar-refractivity contribution < 1.29 is 9.90 Å². The number of amides is 2. The number of carbonyl (C=O) groups is 1. The number of urea groups is 1. The van der Waals surface area contributed by atoms with E-state index in [1.807, 2.05) is 23.1 Å². The number of hydrogen-bond acceptors (Lipinski definition) is 3. The first-order valence-corrected chi connectivity index (χ1v) is 6.76. The first-order chi connectivity index (χ1) is 9.24. The van der Waals surface area contributed by atoms with Gasteiger partial charge in [0.15, 0.2) is 0 Å². The van der Waals surface area contributed by atoms with E-state index < -0.39 is 0 Å². The van der Waals surface area contributed by atoms with Crippen LogP contribution in [0.3, 0.4) is 0 Å². The summed E-state index contributed by atoms with van der Waals surface area (Å²) in [7, 11) is 0. The lowest BCUT2D eigenvalue weighted by Gasteiger charge is -2.33. The van der Waals surface area contributed by atoms with Crippen LogP contribution in [0.4, 0.5) is 16.2 Å². The summed E-state index contributed by atoms with van der Waals surface area (Å²) in [6.07, 6.45) is 3.27. The Hall–Kier alpha value is -1.75. The lowest BCUT2D eigenvalue weighted by molar-refractivity contribution is 0.190. The van der Waals surface area contributed by atoms with Gasteiger partial charge in [-0.2, -0.15) is 0 Å². The molecule has 1 aromatic carbocycles. The number of para-hydroxylation sites is 2. The van der Waals surface area contributed by atoms with E-state index >= 15 is 0 Å². The Labute approximate surface area is 113 Å². The number of nitrogen functional groups attached to an aromatic ring is 1. The number of benzene rings is 1. The molecular formula is C14H21N3O2. The van der Waals surface area contributed by atoms with Crippen molar-refractivity contribution >= 4 is 17.4 Å². The van der Waals surface area contributed by atoms with Crippen molar-refractivity contribution in [2.24, 2.45) is 0 Å². The third kappa shape index (κ3) is 3.17. The summed E-state index contributed by atoms with van der Waals surface area (Å²) in [6.45, 7) is 1.76. The molecule has 0 aromatic heterocycles. The van der Waals surface area contributed by atoms with Gasteiger partial charge in [0.25, 0.3) is 0 Å². The second-order valence-corrected chi connectivity index (χ2v) is 4.76. The number of likely N-dealkylation sites (tertiary alicyclic amines) is 1. The lowest BCUT2D eigenvalue weighted by atomic mass is 10.1. The van der Waals surface area contributed by atoms with Crippen molar-refractivity contribution in [1.82, 2.24) is 4.90 Å². The number of anilines is 2. The van der Waals surface area contributed by atoms with Crippen molar-refractivity contribution in [3.63, 3.8) is 0 Å². The Morgan fingerprint density at radius 2 is 1.95 bits per heavy atom. The molecule has 2 amide bonds. The van der Waals surface area contributed by atoms with Crippen LogP contribution in [0.5, 0.6) is 0 Å². The normalized spacial score (nSPS) is 15.3. The second-order valence-electron chi connectivity index (χ2n) is 4.76. The number of nitrogens with two attached hydrogens (primary N) is 1. The summed E-state index contributed by atoms with van der Waals surface area (Å²) in [6, 6.07) is 7.20. The number of rotatable bonds is 3. The maximum Gasteiger partial charge on any atom is 0.324 e. The van der Waals surface area contributed by atoms with Gasteiger partial charge >= 0.3 is 6.03 Å². The fourth-order valence-electron chi connectivity index (χ4n) is 2.41. The smallest absolute Gasteiger partial charge is 0.324 e. The third-order valence-corrected chi connectivity index (χ3v) is 3.41. The SMILES string of the molecule is Nc1ccccc1N(CCO)C(=O)N1CCCCC1. The van der Waals surface area contributed by atoms with Crippen molar-refractivity contribution in [2.45, 2.75) is 19.3 Å². The van der Waals surface area contributed by atoms with Crippen LogP contribution < -0.4 is 10.6 Å². The zero-order valence-corrected chi connectivity index (χ0v) is 11.1. The monoisotopic (exact) mass is 263 g/mol. The summed E-state index contributed by atoms with van der Waals surface area (Å²) < 4.78 is 0. The highest BCUT2D eigenvalue weighted by Crippen LogP contribution is 2.24. The van der Waals surface area contributed by atoms with Crippen molar-refractivity contribution in [3.05, 3.63) is 24.3 Å². The molecule has 104 valence electrons. The summed E-state index contributed by atoms with van der Waals surface area (Å²) in [5.41, 5.74) is 7.16. The molecule has 0 saturated carbocycles. The van der Waals surface area contributed by atoms with E-state index in [1.54, 1.807) is 11.0 Å². The molecule has 0 atom stereocenters. The highest BCUT2D eigenvalue weighted by Gasteiger charge is 2.24. The molecule has 3 N–H and O–H groups in total. The Morgan fingerprint density at radius 1 is 1.26 bits per heavy atom. The van der Waals surface area contributed by atoms with Crippen LogP contribution >= 0.6 is 0 Å². The van der Waals surface area contributed by atoms with Gasteiger partial charge in [-0.25, -0.2) is 4.79 Å². The summed E-state index contributed by atoms with van der Waals surface area (Å²) in [4.78, 5) is 15.9. The molecule has 0 spiro atoms. The van der Waals surface area contributed by atoms with E-state index in [0.29, 0.717) is 11.4 Å². The number of carbonyl (C=O) groups excluding carboxylic acids is 1. The van der Waals surface area contributed by atoms with Crippen molar-refractivity contribution in [1.29, 1.82) is 0 Å². The minimum Gasteiger partial charge on any atom is -0.397 e. The molecule has 5 nitrogen and oxygen atoms in total. The minimum absolute atomic E-state index is 0.0633. The zero-order valence-electron chi connectivity index (χ0n) is 11.1. The number of piperidine rings is 1. The molecule has 1 heterocycles. The molecule has 0 unspecified atom stereocenters. The third-order valence-electron chi connectivity index (χ3n) is 3.41. The maximum absolute atomic E-state index is 12.5. The van der Waals surface area contributed by atoms with Gasteiger partial charge in [0, 0.05) is 13.1 Å². The van der Waals surface area contributed by atoms with Crippen LogP contribution in [0, 0.1) is 0 Å². The molecule has 2 rings (SSSR count). The summed E-state index contributed by atoms with van der Waals surface area (Å²) >= 11 is 0. The first kappa shape index (κ1) is 13.7. The predicted molar refractivity (Wildman–Crippen MR) is 76.1 cm³/mol. The van der Waals surface area contributed by atoms with Gasteiger partial charge in [0.1, 0.15) is 0 Å². The molecule has 1 saturated heterocycles. The van der Waals surface area contributed by atoms with Gasteiger partial charge in [-0.15, -0.1) is 0 Å². The molecule has 1 fully saturated rings. The molecule has 19 heavy (non-hydrogen) atoms. The summed E-state index contributed by atoms with van der Waals surface area (Å²) in [5.74, 6) is 0. The lowest BCUT2D eigenvalue weighted by Crippen LogP contribution is -2.46. The molecule has 0 aliphatic carbocycles. The van der Waals surface area contributed by atoms with E-state index in [4.69, 9.17) is 5.73 Å². The number of aliphatic hydroxyl groups excluding tert-OH is 1. The minimum atomic E-state index is -0.0755. The molecule has 0 bridgehead atoms. The first-order valence-electron chi connectivity index (χ1n) is 6.76. The predicted octanol–water partition coefficient (Wildman–Crippen LogP) is 1.67. The quantitative estimate of drug-likeness (QED) is 0.815. The maximum atomic E-state index is 12.5. The van der Waals surface area contributed by atoms with Gasteiger partial charge in [-0.05, 0) is 31.4 Å². The van der Waals surface area contributed by atoms with Gasteiger partial charge in [0.05, 0.1) is 24.5 Å². The largest absolute Gasteiger partial charge is 0.397 e. The van der Waals surface area contributed by atoms with E-state index in [-0.39, 0.29) is 19.2 Å². The fourth-order valence-corrected chi connectivity index (χ4v) is 2.41. The van der Waals surface area contributed by atoms with E-state index in [1.165, 1.54) is 6.42 Å². The average Bonchev–Trinajstić information content (AvgIpc) is 2.46. The Morgan fingerprint density at radius 3 is 2.58 bits per heavy atom. The Balaban J connectivity index is 2.19. The molecular weight excluding hydrogens is 242 g/mol. The van der Waals surface area contributed by atoms with Crippen LogP contribution in [-0.2, 0) is 0 Å². The molecule has 1 aliphatic rings. The molecule has 1 aromatic rings. The fraction of sp³-hybridized carbons (Fsp3) is 0.500. The van der Waals surface area contributed by atoms with E-state index in [0.717, 1.165) is 25.9 Å². The average molecular weight is 263 g/mol. The Kier molecular flexibility index (Phi) is 4.63. The van der Waals surface area contributed by atoms with Gasteiger partial charge in [-0.1, -0.05) is 12.1 Å². The molecule has 1 aliphatic heterocycles. The van der Waals surface area contributed by atoms with Crippen LogP contribution in [0.25, 0.3) is 0 Å². The topological polar surface area (TPSA) is 69.8 Å². The highest BCUT2D eigenvalue weighted by molar-refractivity contribution is 5.95. The highest BCUT2D eigenvalue weighted by atomic mass is 16.3. The second kappa shape index (κ2) is 6.43. The zero-order chi connectivity index (χ0) is 13.7. The van der Waals surface area contributed by atoms with Crippen LogP contribution in [0.1, 0.15) is 19.3 Å². The number of aliphatic hydroxyl groups is 1. The number of hydrogen-bond donors (Lipinski definition) is 2. The van der Waals surface area contributed by atoms with Gasteiger partial charge in [0.2, 0.25) is 0 Å². The molecule has 0 radical (unpaired) electrons. The van der Waals surface area contributed by atoms with Crippen LogP contribution in [0.15, 0.2) is 24.3 Å². The summed E-state index contributed by atoms with van der Waals surface area (Å²) in [5, 5.41) is 9.18. The van der Waals surface area contributed by atoms with Gasteiger partial charge < -0.3 is 15.7 Å². The van der Waals surface area contributed by atoms with Crippen molar-refractivity contribution in [2.75, 3.05) is 36.9 Å². The standard InChI is InChI=1S/C14H21N3O2/c15-12-6-2-3-7-13(12)17(10-11-18)14(19)16-8-4-1-5-9-16/h2-3,6-7,18H,1,4-5,8-11,15H2. The van der Waals surface area contributed by atoms with Crippen molar-refractivity contribution in [3.8, 4) is 0 Å². The number of nitrogens with zero attached hydrogens (tertiary/aromatic N) is 2. The van der Waals surface area contributed by atoms with E-state index in [2.05, 4.69) is 0 Å². The van der Waals surface area contributed by atoms with Crippen LogP contribution in [0.2, 0.25) is 0 Å². The van der Waals surface area contributed by atoms with Crippen LogP contribution in [-0.4, -0.2) is 42.3 Å².